The number of sulfonamides is 1. The molecule has 0 bridgehead atoms. The van der Waals surface area contributed by atoms with Gasteiger partial charge in [-0.1, -0.05) is 34.1 Å². The summed E-state index contributed by atoms with van der Waals surface area (Å²) in [6.07, 6.45) is 0. The van der Waals surface area contributed by atoms with Gasteiger partial charge in [-0.15, -0.1) is 0 Å². The molecule has 0 saturated heterocycles. The van der Waals surface area contributed by atoms with Gasteiger partial charge in [0.1, 0.15) is 5.82 Å². The number of nitrogens with one attached hydrogen (secondary N) is 3. The van der Waals surface area contributed by atoms with Gasteiger partial charge in [0.25, 0.3) is 15.9 Å². The fourth-order valence-corrected chi connectivity index (χ4v) is 4.39. The molecule has 1 aromatic heterocycles. The highest BCUT2D eigenvalue weighted by atomic mass is 79.9. The predicted octanol–water partition coefficient (Wildman–Crippen LogP) is 4.62. The van der Waals surface area contributed by atoms with Crippen molar-refractivity contribution in [2.24, 2.45) is 0 Å². The van der Waals surface area contributed by atoms with Crippen molar-refractivity contribution < 1.29 is 13.2 Å². The summed E-state index contributed by atoms with van der Waals surface area (Å²) in [6.45, 7) is 1.83. The third kappa shape index (κ3) is 4.78. The summed E-state index contributed by atoms with van der Waals surface area (Å²) in [6, 6.07) is 19.9. The van der Waals surface area contributed by atoms with Gasteiger partial charge >= 0.3 is 0 Å². The third-order valence-electron chi connectivity index (χ3n) is 4.67. The van der Waals surface area contributed by atoms with Gasteiger partial charge in [0.05, 0.1) is 22.0 Å². The van der Waals surface area contributed by atoms with Crippen LogP contribution in [-0.4, -0.2) is 24.3 Å². The normalized spacial score (nSPS) is 12.5. The number of H-pyrrole nitrogens is 1. The first-order valence-corrected chi connectivity index (χ1v) is 11.7. The summed E-state index contributed by atoms with van der Waals surface area (Å²) in [5.74, 6) is 0.305. The number of hydrogen-bond donors (Lipinski definition) is 3. The Morgan fingerprint density at radius 2 is 1.77 bits per heavy atom. The van der Waals surface area contributed by atoms with Gasteiger partial charge in [0.2, 0.25) is 0 Å². The Hall–Kier alpha value is -3.17. The summed E-state index contributed by atoms with van der Waals surface area (Å²) in [4.78, 5) is 20.6. The Morgan fingerprint density at radius 1 is 1.03 bits per heavy atom. The van der Waals surface area contributed by atoms with Crippen molar-refractivity contribution in [1.82, 2.24) is 15.3 Å². The average Bonchev–Trinajstić information content (AvgIpc) is 3.18. The topological polar surface area (TPSA) is 104 Å². The Kier molecular flexibility index (Phi) is 5.79. The zero-order chi connectivity index (χ0) is 22.0. The van der Waals surface area contributed by atoms with Gasteiger partial charge in [-0.25, -0.2) is 13.4 Å². The lowest BCUT2D eigenvalue weighted by atomic mass is 10.2. The van der Waals surface area contributed by atoms with E-state index in [-0.39, 0.29) is 16.8 Å². The van der Waals surface area contributed by atoms with Gasteiger partial charge < -0.3 is 10.3 Å². The van der Waals surface area contributed by atoms with E-state index in [1.54, 1.807) is 30.3 Å². The molecule has 4 rings (SSSR count). The number of nitrogens with zero attached hydrogens (tertiary/aromatic N) is 1. The van der Waals surface area contributed by atoms with Crippen molar-refractivity contribution in [3.8, 4) is 0 Å². The molecule has 0 aliphatic rings. The van der Waals surface area contributed by atoms with Crippen LogP contribution in [0.4, 0.5) is 5.69 Å². The molecule has 0 spiro atoms. The number of imidazole rings is 1. The molecular formula is C22H19BrN4O3S. The first-order valence-electron chi connectivity index (χ1n) is 9.46. The lowest BCUT2D eigenvalue weighted by molar-refractivity contribution is 0.0938. The highest BCUT2D eigenvalue weighted by Gasteiger charge is 2.17. The quantitative estimate of drug-likeness (QED) is 0.360. The van der Waals surface area contributed by atoms with E-state index in [1.165, 1.54) is 18.2 Å². The molecule has 0 aliphatic heterocycles. The molecule has 31 heavy (non-hydrogen) atoms. The molecule has 0 aliphatic carbocycles. The molecule has 3 aromatic carbocycles. The van der Waals surface area contributed by atoms with Crippen molar-refractivity contribution in [3.63, 3.8) is 0 Å². The minimum Gasteiger partial charge on any atom is -0.342 e. The van der Waals surface area contributed by atoms with E-state index in [1.807, 2.05) is 31.2 Å². The van der Waals surface area contributed by atoms with E-state index in [0.29, 0.717) is 17.1 Å². The number of halogens is 1. The number of carbonyl (C=O) groups excluding carboxylic acids is 1. The van der Waals surface area contributed by atoms with Crippen LogP contribution in [0.2, 0.25) is 0 Å². The smallest absolute Gasteiger partial charge is 0.261 e. The molecule has 1 unspecified atom stereocenters. The van der Waals surface area contributed by atoms with Gasteiger partial charge in [0.15, 0.2) is 0 Å². The van der Waals surface area contributed by atoms with Crippen molar-refractivity contribution >= 4 is 48.6 Å². The summed E-state index contributed by atoms with van der Waals surface area (Å²) >= 11 is 3.28. The molecule has 4 aromatic rings. The van der Waals surface area contributed by atoms with Gasteiger partial charge in [-0.2, -0.15) is 0 Å². The van der Waals surface area contributed by atoms with Crippen LogP contribution in [0.5, 0.6) is 0 Å². The number of amides is 1. The summed E-state index contributed by atoms with van der Waals surface area (Å²) in [5, 5.41) is 2.89. The van der Waals surface area contributed by atoms with Crippen LogP contribution in [0.25, 0.3) is 11.0 Å². The number of aromatic amines is 1. The molecular weight excluding hydrogens is 480 g/mol. The van der Waals surface area contributed by atoms with Crippen LogP contribution in [0.15, 0.2) is 82.2 Å². The fourth-order valence-electron chi connectivity index (χ4n) is 3.08. The second-order valence-corrected chi connectivity index (χ2v) is 9.57. The lowest BCUT2D eigenvalue weighted by Crippen LogP contribution is -2.27. The summed E-state index contributed by atoms with van der Waals surface area (Å²) in [7, 11) is -3.77. The second-order valence-electron chi connectivity index (χ2n) is 6.97. The van der Waals surface area contributed by atoms with Crippen molar-refractivity contribution in [2.75, 3.05) is 4.72 Å². The number of aromatic nitrogens is 2. The van der Waals surface area contributed by atoms with Crippen molar-refractivity contribution in [2.45, 2.75) is 17.9 Å². The van der Waals surface area contributed by atoms with Crippen LogP contribution in [-0.2, 0) is 10.0 Å². The Labute approximate surface area is 188 Å². The van der Waals surface area contributed by atoms with Crippen molar-refractivity contribution in [1.29, 1.82) is 0 Å². The third-order valence-corrected chi connectivity index (χ3v) is 6.59. The van der Waals surface area contributed by atoms with Crippen LogP contribution < -0.4 is 10.0 Å². The van der Waals surface area contributed by atoms with Crippen LogP contribution in [0.3, 0.4) is 0 Å². The molecule has 0 fully saturated rings. The van der Waals surface area contributed by atoms with Crippen LogP contribution in [0, 0.1) is 0 Å². The van der Waals surface area contributed by atoms with Crippen LogP contribution in [0.1, 0.15) is 29.1 Å². The van der Waals surface area contributed by atoms with Crippen LogP contribution >= 0.6 is 15.9 Å². The van der Waals surface area contributed by atoms with Gasteiger partial charge in [0, 0.05) is 15.7 Å². The Bertz CT molecular complexity index is 1320. The number of rotatable bonds is 6. The molecule has 158 valence electrons. The SMILES string of the molecule is CC(NC(=O)c1cccc(NS(=O)(=O)c2ccc(Br)cc2)c1)c1nc2ccccc2[nH]1. The predicted molar refractivity (Wildman–Crippen MR) is 123 cm³/mol. The van der Waals surface area contributed by atoms with E-state index in [4.69, 9.17) is 0 Å². The maximum atomic E-state index is 12.7. The average molecular weight is 499 g/mol. The fraction of sp³-hybridized carbons (Fsp3) is 0.0909. The zero-order valence-corrected chi connectivity index (χ0v) is 18.9. The molecule has 9 heteroatoms. The molecule has 3 N–H and O–H groups in total. The minimum atomic E-state index is -3.77. The first kappa shape index (κ1) is 21.1. The lowest BCUT2D eigenvalue weighted by Gasteiger charge is -2.13. The van der Waals surface area contributed by atoms with E-state index in [9.17, 15) is 13.2 Å². The highest BCUT2D eigenvalue weighted by molar-refractivity contribution is 9.10. The monoisotopic (exact) mass is 498 g/mol. The molecule has 1 heterocycles. The minimum absolute atomic E-state index is 0.129. The van der Waals surface area contributed by atoms with Gasteiger partial charge in [-0.05, 0) is 61.5 Å². The summed E-state index contributed by atoms with van der Waals surface area (Å²) in [5.41, 5.74) is 2.34. The second kappa shape index (κ2) is 8.52. The molecule has 7 nitrogen and oxygen atoms in total. The number of fused-ring (bicyclic) bond motifs is 1. The summed E-state index contributed by atoms with van der Waals surface area (Å²) < 4.78 is 28.5. The van der Waals surface area contributed by atoms with E-state index in [2.05, 4.69) is 35.9 Å². The first-order chi connectivity index (χ1) is 14.8. The number of hydrogen-bond acceptors (Lipinski definition) is 4. The molecule has 0 saturated carbocycles. The molecule has 0 radical (unpaired) electrons. The largest absolute Gasteiger partial charge is 0.342 e. The van der Waals surface area contributed by atoms with Crippen molar-refractivity contribution in [3.05, 3.63) is 88.7 Å². The standard InChI is InChI=1S/C22H19BrN4O3S/c1-14(21-25-19-7-2-3-8-20(19)26-21)24-22(28)15-5-4-6-17(13-15)27-31(29,30)18-11-9-16(23)10-12-18/h2-14,27H,1H3,(H,24,28)(H,25,26). The Morgan fingerprint density at radius 3 is 2.52 bits per heavy atom. The molecule has 1 amide bonds. The number of anilines is 1. The maximum Gasteiger partial charge on any atom is 0.261 e. The van der Waals surface area contributed by atoms with E-state index in [0.717, 1.165) is 15.5 Å². The highest BCUT2D eigenvalue weighted by Crippen LogP contribution is 2.20. The van der Waals surface area contributed by atoms with Gasteiger partial charge in [-0.3, -0.25) is 9.52 Å². The van der Waals surface area contributed by atoms with E-state index < -0.39 is 10.0 Å². The molecule has 1 atom stereocenters. The zero-order valence-electron chi connectivity index (χ0n) is 16.5. The Balaban J connectivity index is 1.49. The number of benzene rings is 3. The van der Waals surface area contributed by atoms with E-state index >= 15 is 0 Å². The number of carbonyl (C=O) groups is 1. The maximum absolute atomic E-state index is 12.7. The number of para-hydroxylation sites is 2.